The lowest BCUT2D eigenvalue weighted by Crippen LogP contribution is -1.97. The van der Waals surface area contributed by atoms with Crippen molar-refractivity contribution in [1.29, 1.82) is 0 Å². The second-order valence-electron chi connectivity index (χ2n) is 4.28. The Morgan fingerprint density at radius 3 is 2.44 bits per heavy atom. The maximum absolute atomic E-state index is 2.32. The molecule has 0 aliphatic heterocycles. The molecule has 16 heavy (non-hydrogen) atoms. The summed E-state index contributed by atoms with van der Waals surface area (Å²) in [6.07, 6.45) is 5.66. The quantitative estimate of drug-likeness (QED) is 0.695. The van der Waals surface area contributed by atoms with Gasteiger partial charge in [-0.25, -0.2) is 0 Å². The van der Waals surface area contributed by atoms with Crippen LogP contribution < -0.4 is 0 Å². The molecule has 2 aromatic carbocycles. The van der Waals surface area contributed by atoms with Crippen molar-refractivity contribution in [3.05, 3.63) is 77.4 Å². The molecule has 0 heterocycles. The van der Waals surface area contributed by atoms with Crippen LogP contribution in [0.1, 0.15) is 22.6 Å². The molecular formula is C16H14. The maximum Gasteiger partial charge on any atom is 0.00676 e. The zero-order valence-electron chi connectivity index (χ0n) is 9.14. The van der Waals surface area contributed by atoms with E-state index in [-0.39, 0.29) is 0 Å². The van der Waals surface area contributed by atoms with Crippen molar-refractivity contribution in [2.45, 2.75) is 12.3 Å². The smallest absolute Gasteiger partial charge is 0.00676 e. The van der Waals surface area contributed by atoms with Crippen LogP contribution in [0.2, 0.25) is 0 Å². The molecule has 2 aromatic rings. The third-order valence-electron chi connectivity index (χ3n) is 3.20. The van der Waals surface area contributed by atoms with Crippen LogP contribution in [-0.4, -0.2) is 0 Å². The molecule has 3 rings (SSSR count). The number of hydrogen-bond donors (Lipinski definition) is 0. The maximum atomic E-state index is 2.32. The Labute approximate surface area is 96.3 Å². The lowest BCUT2D eigenvalue weighted by atomic mass is 9.94. The molecule has 0 aromatic heterocycles. The molecule has 0 saturated carbocycles. The average Bonchev–Trinajstić information content (AvgIpc) is 2.74. The van der Waals surface area contributed by atoms with Gasteiger partial charge in [0.2, 0.25) is 0 Å². The van der Waals surface area contributed by atoms with Gasteiger partial charge in [-0.1, -0.05) is 66.7 Å². The van der Waals surface area contributed by atoms with Crippen LogP contribution in [0.5, 0.6) is 0 Å². The van der Waals surface area contributed by atoms with Gasteiger partial charge in [0.25, 0.3) is 0 Å². The second-order valence-corrected chi connectivity index (χ2v) is 4.28. The first kappa shape index (κ1) is 9.41. The van der Waals surface area contributed by atoms with Gasteiger partial charge in [0.05, 0.1) is 0 Å². The molecule has 78 valence electrons. The van der Waals surface area contributed by atoms with E-state index in [9.17, 15) is 0 Å². The summed E-state index contributed by atoms with van der Waals surface area (Å²) in [7, 11) is 0. The van der Waals surface area contributed by atoms with Crippen molar-refractivity contribution < 1.29 is 0 Å². The Bertz CT molecular complexity index is 509. The summed E-state index contributed by atoms with van der Waals surface area (Å²) in [5.74, 6) is 0.554. The molecule has 0 heteroatoms. The molecule has 0 spiro atoms. The lowest BCUT2D eigenvalue weighted by molar-refractivity contribution is 0.850. The first-order valence-electron chi connectivity index (χ1n) is 5.74. The SMILES string of the molecule is C1=CC(Cc2ccccc2)c2ccccc21. The first-order valence-corrected chi connectivity index (χ1v) is 5.74. The lowest BCUT2D eigenvalue weighted by Gasteiger charge is -2.10. The minimum atomic E-state index is 0.554. The highest BCUT2D eigenvalue weighted by Crippen LogP contribution is 2.32. The molecule has 1 unspecified atom stereocenters. The van der Waals surface area contributed by atoms with Crippen LogP contribution in [0.3, 0.4) is 0 Å². The molecule has 0 fully saturated rings. The van der Waals surface area contributed by atoms with E-state index in [0.717, 1.165) is 6.42 Å². The van der Waals surface area contributed by atoms with Crippen molar-refractivity contribution in [2.24, 2.45) is 0 Å². The number of rotatable bonds is 2. The van der Waals surface area contributed by atoms with Gasteiger partial charge in [-0.3, -0.25) is 0 Å². The Balaban J connectivity index is 1.87. The molecule has 1 aliphatic carbocycles. The van der Waals surface area contributed by atoms with Gasteiger partial charge in [0.15, 0.2) is 0 Å². The van der Waals surface area contributed by atoms with Crippen molar-refractivity contribution >= 4 is 6.08 Å². The zero-order chi connectivity index (χ0) is 10.8. The number of hydrogen-bond acceptors (Lipinski definition) is 0. The fraction of sp³-hybridized carbons (Fsp3) is 0.125. The van der Waals surface area contributed by atoms with E-state index < -0.39 is 0 Å². The molecule has 0 amide bonds. The predicted molar refractivity (Wildman–Crippen MR) is 68.4 cm³/mol. The van der Waals surface area contributed by atoms with Gasteiger partial charge in [-0.05, 0) is 23.1 Å². The fourth-order valence-corrected chi connectivity index (χ4v) is 2.37. The van der Waals surface area contributed by atoms with Crippen LogP contribution >= 0.6 is 0 Å². The third kappa shape index (κ3) is 1.67. The Morgan fingerprint density at radius 2 is 1.56 bits per heavy atom. The summed E-state index contributed by atoms with van der Waals surface area (Å²) >= 11 is 0. The third-order valence-corrected chi connectivity index (χ3v) is 3.20. The Hall–Kier alpha value is -1.82. The minimum Gasteiger partial charge on any atom is -0.0760 e. The zero-order valence-corrected chi connectivity index (χ0v) is 9.14. The molecule has 0 N–H and O–H groups in total. The minimum absolute atomic E-state index is 0.554. The molecule has 1 atom stereocenters. The predicted octanol–water partition coefficient (Wildman–Crippen LogP) is 4.04. The van der Waals surface area contributed by atoms with Gasteiger partial charge < -0.3 is 0 Å². The monoisotopic (exact) mass is 206 g/mol. The van der Waals surface area contributed by atoms with E-state index in [4.69, 9.17) is 0 Å². The molecule has 0 radical (unpaired) electrons. The number of fused-ring (bicyclic) bond motifs is 1. The van der Waals surface area contributed by atoms with Crippen LogP contribution in [0.25, 0.3) is 6.08 Å². The van der Waals surface area contributed by atoms with Crippen molar-refractivity contribution in [3.63, 3.8) is 0 Å². The largest absolute Gasteiger partial charge is 0.0760 e. The highest BCUT2D eigenvalue weighted by atomic mass is 14.2. The molecule has 0 bridgehead atoms. The van der Waals surface area contributed by atoms with E-state index in [2.05, 4.69) is 66.7 Å². The molecular weight excluding hydrogens is 192 g/mol. The van der Waals surface area contributed by atoms with Crippen LogP contribution in [0, 0.1) is 0 Å². The first-order chi connectivity index (χ1) is 7.93. The van der Waals surface area contributed by atoms with E-state index in [1.807, 2.05) is 0 Å². The number of allylic oxidation sites excluding steroid dienone is 1. The van der Waals surface area contributed by atoms with Crippen LogP contribution in [0.15, 0.2) is 60.7 Å². The van der Waals surface area contributed by atoms with E-state index in [1.165, 1.54) is 16.7 Å². The van der Waals surface area contributed by atoms with Gasteiger partial charge in [-0.2, -0.15) is 0 Å². The van der Waals surface area contributed by atoms with Gasteiger partial charge in [0.1, 0.15) is 0 Å². The summed E-state index contributed by atoms with van der Waals surface area (Å²) < 4.78 is 0. The topological polar surface area (TPSA) is 0 Å². The van der Waals surface area contributed by atoms with Crippen molar-refractivity contribution in [1.82, 2.24) is 0 Å². The van der Waals surface area contributed by atoms with Gasteiger partial charge in [-0.15, -0.1) is 0 Å². The van der Waals surface area contributed by atoms with Crippen molar-refractivity contribution in [2.75, 3.05) is 0 Å². The van der Waals surface area contributed by atoms with Crippen LogP contribution in [-0.2, 0) is 6.42 Å². The highest BCUT2D eigenvalue weighted by Gasteiger charge is 2.16. The Kier molecular flexibility index (Phi) is 2.34. The summed E-state index contributed by atoms with van der Waals surface area (Å²) in [6, 6.07) is 19.4. The highest BCUT2D eigenvalue weighted by molar-refractivity contribution is 5.62. The summed E-state index contributed by atoms with van der Waals surface area (Å²) in [6.45, 7) is 0. The van der Waals surface area contributed by atoms with Crippen molar-refractivity contribution in [3.8, 4) is 0 Å². The molecule has 1 aliphatic rings. The molecule has 0 saturated heterocycles. The van der Waals surface area contributed by atoms with Crippen LogP contribution in [0.4, 0.5) is 0 Å². The summed E-state index contributed by atoms with van der Waals surface area (Å²) in [5, 5.41) is 0. The Morgan fingerprint density at radius 1 is 0.812 bits per heavy atom. The standard InChI is InChI=1S/C16H14/c1-2-6-13(7-3-1)12-15-11-10-14-8-4-5-9-16(14)15/h1-11,15H,12H2. The van der Waals surface area contributed by atoms with E-state index in [0.29, 0.717) is 5.92 Å². The average molecular weight is 206 g/mol. The van der Waals surface area contributed by atoms with E-state index in [1.54, 1.807) is 0 Å². The normalized spacial score (nSPS) is 17.4. The van der Waals surface area contributed by atoms with Gasteiger partial charge >= 0.3 is 0 Å². The summed E-state index contributed by atoms with van der Waals surface area (Å²) in [5.41, 5.74) is 4.25. The van der Waals surface area contributed by atoms with Gasteiger partial charge in [0, 0.05) is 5.92 Å². The fourth-order valence-electron chi connectivity index (χ4n) is 2.37. The second kappa shape index (κ2) is 3.97. The molecule has 0 nitrogen and oxygen atoms in total. The van der Waals surface area contributed by atoms with E-state index >= 15 is 0 Å². The number of benzene rings is 2. The summed E-state index contributed by atoms with van der Waals surface area (Å²) in [4.78, 5) is 0.